The first-order valence-electron chi connectivity index (χ1n) is 13.4. The smallest absolute Gasteiger partial charge is 0.173 e. The molecular weight excluding hydrogens is 470 g/mol. The third-order valence-electron chi connectivity index (χ3n) is 7.43. The maximum Gasteiger partial charge on any atom is 0.173 e. The molecule has 1 aliphatic rings. The Balaban J connectivity index is 1.16. The fraction of sp³-hybridized carbons (Fsp3) is 0.258. The van der Waals surface area contributed by atoms with Crippen LogP contribution in [0.4, 0.5) is 0 Å². The van der Waals surface area contributed by atoms with Crippen LogP contribution in [0.15, 0.2) is 97.2 Å². The maximum atomic E-state index is 4.56. The molecule has 0 spiro atoms. The number of fused-ring (bicyclic) bond motifs is 1. The highest BCUT2D eigenvalue weighted by Gasteiger charge is 2.30. The second-order valence-electron chi connectivity index (χ2n) is 9.83. The summed E-state index contributed by atoms with van der Waals surface area (Å²) in [5.41, 5.74) is 4.93. The van der Waals surface area contributed by atoms with E-state index in [0.717, 1.165) is 57.0 Å². The normalized spacial score (nSPS) is 15.9. The van der Waals surface area contributed by atoms with Gasteiger partial charge in [-0.25, -0.2) is 4.68 Å². The van der Waals surface area contributed by atoms with Crippen LogP contribution in [0.1, 0.15) is 28.6 Å². The fourth-order valence-electron chi connectivity index (χ4n) is 5.40. The van der Waals surface area contributed by atoms with Crippen LogP contribution in [0.3, 0.4) is 0 Å². The lowest BCUT2D eigenvalue weighted by Gasteiger charge is -2.38. The largest absolute Gasteiger partial charge is 0.361 e. The molecule has 38 heavy (non-hydrogen) atoms. The summed E-state index contributed by atoms with van der Waals surface area (Å²) in [6.45, 7) is 5.65. The van der Waals surface area contributed by atoms with Gasteiger partial charge in [-0.15, -0.1) is 5.10 Å². The molecule has 5 aromatic rings. The van der Waals surface area contributed by atoms with Gasteiger partial charge >= 0.3 is 0 Å². The molecular formula is C31H33N7. The molecule has 1 N–H and O–H groups in total. The molecule has 192 valence electrons. The molecule has 7 heteroatoms. The number of hydrogen-bond donors (Lipinski definition) is 1. The maximum absolute atomic E-state index is 4.56. The Kier molecular flexibility index (Phi) is 7.37. The number of nitrogens with one attached hydrogen (secondary N) is 1. The van der Waals surface area contributed by atoms with E-state index < -0.39 is 0 Å². The third kappa shape index (κ3) is 5.44. The number of para-hydroxylation sites is 1. The molecule has 0 unspecified atom stereocenters. The number of nitrogens with zero attached hydrogens (tertiary/aromatic N) is 6. The monoisotopic (exact) mass is 503 g/mol. The predicted octanol–water partition coefficient (Wildman–Crippen LogP) is 4.82. The highest BCUT2D eigenvalue weighted by Crippen LogP contribution is 2.28. The van der Waals surface area contributed by atoms with Gasteiger partial charge in [-0.05, 0) is 39.6 Å². The molecule has 3 aromatic carbocycles. The highest BCUT2D eigenvalue weighted by molar-refractivity contribution is 5.83. The first-order valence-corrected chi connectivity index (χ1v) is 13.4. The molecule has 0 saturated carbocycles. The summed E-state index contributed by atoms with van der Waals surface area (Å²) in [5.74, 6) is 0.911. The number of rotatable bonds is 9. The molecule has 0 amide bonds. The zero-order valence-electron chi connectivity index (χ0n) is 21.5. The van der Waals surface area contributed by atoms with Crippen LogP contribution in [0, 0.1) is 0 Å². The van der Waals surface area contributed by atoms with Gasteiger partial charge in [-0.1, -0.05) is 91.0 Å². The van der Waals surface area contributed by atoms with Crippen LogP contribution in [0.5, 0.6) is 0 Å². The molecule has 1 aliphatic heterocycles. The second-order valence-corrected chi connectivity index (χ2v) is 9.83. The Morgan fingerprint density at radius 2 is 1.58 bits per heavy atom. The van der Waals surface area contributed by atoms with Crippen LogP contribution in [-0.2, 0) is 13.0 Å². The van der Waals surface area contributed by atoms with Crippen LogP contribution in [0.25, 0.3) is 17.0 Å². The number of benzene rings is 3. The van der Waals surface area contributed by atoms with Gasteiger partial charge in [-0.3, -0.25) is 9.80 Å². The molecule has 6 rings (SSSR count). The van der Waals surface area contributed by atoms with Crippen molar-refractivity contribution in [1.82, 2.24) is 35.0 Å². The van der Waals surface area contributed by atoms with Gasteiger partial charge in [0.05, 0.1) is 6.04 Å². The summed E-state index contributed by atoms with van der Waals surface area (Å²) >= 11 is 0. The lowest BCUT2D eigenvalue weighted by atomic mass is 10.0. The van der Waals surface area contributed by atoms with Crippen molar-refractivity contribution in [2.75, 3.05) is 32.7 Å². The molecule has 1 fully saturated rings. The summed E-state index contributed by atoms with van der Waals surface area (Å²) in [7, 11) is 0. The van der Waals surface area contributed by atoms with Crippen LogP contribution in [-0.4, -0.2) is 67.7 Å². The van der Waals surface area contributed by atoms with E-state index in [1.54, 1.807) is 0 Å². The Morgan fingerprint density at radius 3 is 2.39 bits per heavy atom. The van der Waals surface area contributed by atoms with Gasteiger partial charge in [0.25, 0.3) is 0 Å². The van der Waals surface area contributed by atoms with Crippen molar-refractivity contribution in [2.24, 2.45) is 0 Å². The predicted molar refractivity (Wildman–Crippen MR) is 152 cm³/mol. The van der Waals surface area contributed by atoms with E-state index in [1.165, 1.54) is 22.1 Å². The fourth-order valence-corrected chi connectivity index (χ4v) is 5.40. The number of aromatic amines is 1. The minimum atomic E-state index is 0.0242. The highest BCUT2D eigenvalue weighted by atomic mass is 15.6. The summed E-state index contributed by atoms with van der Waals surface area (Å²) in [6.07, 6.45) is 7.45. The first-order chi connectivity index (χ1) is 18.8. The van der Waals surface area contributed by atoms with E-state index in [1.807, 2.05) is 4.68 Å². The lowest BCUT2D eigenvalue weighted by molar-refractivity contribution is 0.112. The molecule has 2 aromatic heterocycles. The SMILES string of the molecule is C(=C\c1ccccc1)/CN1CCN([C@@H](c2ccccc2)c2nnnn2CCc2c[nH]c3ccccc23)CC1. The molecule has 0 bridgehead atoms. The van der Waals surface area contributed by atoms with Gasteiger partial charge in [0.15, 0.2) is 5.82 Å². The van der Waals surface area contributed by atoms with Gasteiger partial charge < -0.3 is 4.98 Å². The number of H-pyrrole nitrogens is 1. The number of tetrazole rings is 1. The molecule has 0 radical (unpaired) electrons. The summed E-state index contributed by atoms with van der Waals surface area (Å²) in [6, 6.07) is 29.6. The molecule has 7 nitrogen and oxygen atoms in total. The van der Waals surface area contributed by atoms with E-state index in [4.69, 9.17) is 0 Å². The number of aromatic nitrogens is 5. The van der Waals surface area contributed by atoms with Crippen LogP contribution >= 0.6 is 0 Å². The number of aryl methyl sites for hydroxylation is 2. The van der Waals surface area contributed by atoms with Crippen molar-refractivity contribution in [3.63, 3.8) is 0 Å². The number of piperazine rings is 1. The van der Waals surface area contributed by atoms with Crippen molar-refractivity contribution < 1.29 is 0 Å². The Labute approximate surface area is 223 Å². The van der Waals surface area contributed by atoms with Gasteiger partial charge in [0.2, 0.25) is 0 Å². The molecule has 1 saturated heterocycles. The van der Waals surface area contributed by atoms with E-state index in [0.29, 0.717) is 0 Å². The zero-order chi connectivity index (χ0) is 25.6. The van der Waals surface area contributed by atoms with Gasteiger partial charge in [-0.2, -0.15) is 0 Å². The Hall–Kier alpha value is -4.07. The molecule has 1 atom stereocenters. The summed E-state index contributed by atoms with van der Waals surface area (Å²) < 4.78 is 1.99. The zero-order valence-corrected chi connectivity index (χ0v) is 21.5. The summed E-state index contributed by atoms with van der Waals surface area (Å²) in [4.78, 5) is 8.42. The molecule has 0 aliphatic carbocycles. The van der Waals surface area contributed by atoms with Crippen molar-refractivity contribution in [3.8, 4) is 0 Å². The van der Waals surface area contributed by atoms with Crippen molar-refractivity contribution in [1.29, 1.82) is 0 Å². The standard InChI is InChI=1S/C31H33N7/c1-3-10-25(11-4-1)12-9-18-36-20-22-37(23-21-36)30(26-13-5-2-6-14-26)31-33-34-35-38(31)19-17-27-24-32-29-16-8-7-15-28(27)29/h1-16,24,30,32H,17-23H2/b12-9+/t30-/m0/s1. The minimum absolute atomic E-state index is 0.0242. The lowest BCUT2D eigenvalue weighted by Crippen LogP contribution is -2.48. The van der Waals surface area contributed by atoms with Crippen LogP contribution in [0.2, 0.25) is 0 Å². The van der Waals surface area contributed by atoms with E-state index in [2.05, 4.69) is 134 Å². The second kappa shape index (κ2) is 11.5. The third-order valence-corrected chi connectivity index (χ3v) is 7.43. The first kappa shape index (κ1) is 24.3. The van der Waals surface area contributed by atoms with E-state index in [-0.39, 0.29) is 6.04 Å². The Bertz CT molecular complexity index is 1460. The average molecular weight is 504 g/mol. The number of hydrogen-bond acceptors (Lipinski definition) is 5. The quantitative estimate of drug-likeness (QED) is 0.313. The van der Waals surface area contributed by atoms with Gasteiger partial charge in [0.1, 0.15) is 0 Å². The topological polar surface area (TPSA) is 65.9 Å². The molecule has 3 heterocycles. The van der Waals surface area contributed by atoms with Crippen molar-refractivity contribution >= 4 is 17.0 Å². The van der Waals surface area contributed by atoms with E-state index in [9.17, 15) is 0 Å². The van der Waals surface area contributed by atoms with Gasteiger partial charge in [0, 0.05) is 56.4 Å². The minimum Gasteiger partial charge on any atom is -0.361 e. The van der Waals surface area contributed by atoms with Crippen LogP contribution < -0.4 is 0 Å². The average Bonchev–Trinajstić information content (AvgIpc) is 3.61. The summed E-state index contributed by atoms with van der Waals surface area (Å²) in [5, 5.41) is 14.4. The Morgan fingerprint density at radius 1 is 0.842 bits per heavy atom. The van der Waals surface area contributed by atoms with E-state index >= 15 is 0 Å². The van der Waals surface area contributed by atoms with Crippen molar-refractivity contribution in [3.05, 3.63) is 120 Å². The van der Waals surface area contributed by atoms with Crippen molar-refractivity contribution in [2.45, 2.75) is 19.0 Å².